The number of carbonyl (C=O) groups is 1. The molecule has 0 spiro atoms. The first-order chi connectivity index (χ1) is 13.1. The summed E-state index contributed by atoms with van der Waals surface area (Å²) in [5.41, 5.74) is 6.23. The maximum Gasteiger partial charge on any atom is 0.240 e. The molecule has 0 aromatic heterocycles. The van der Waals surface area contributed by atoms with Crippen molar-refractivity contribution in [2.24, 2.45) is 10.5 Å². The maximum absolute atomic E-state index is 12.3. The van der Waals surface area contributed by atoms with Crippen LogP contribution in [-0.2, 0) is 4.79 Å². The van der Waals surface area contributed by atoms with Gasteiger partial charge in [-0.25, -0.2) is 5.43 Å². The zero-order chi connectivity index (χ0) is 18.9. The molecule has 5 rings (SSSR count). The Morgan fingerprint density at radius 2 is 1.63 bits per heavy atom. The summed E-state index contributed by atoms with van der Waals surface area (Å²) in [6.07, 6.45) is 3.69. The van der Waals surface area contributed by atoms with Gasteiger partial charge in [0.05, 0.1) is 31.1 Å². The first kappa shape index (κ1) is 18.6. The van der Waals surface area contributed by atoms with Crippen LogP contribution in [0, 0.1) is 12.3 Å². The van der Waals surface area contributed by atoms with Crippen molar-refractivity contribution >= 4 is 11.6 Å². The molecule has 6 heteroatoms. The molecule has 146 valence electrons. The second-order valence-electron chi connectivity index (χ2n) is 8.51. The van der Waals surface area contributed by atoms with Crippen LogP contribution >= 0.6 is 0 Å². The largest absolute Gasteiger partial charge is 0.276 e. The van der Waals surface area contributed by atoms with Gasteiger partial charge < -0.3 is 0 Å². The monoisotopic (exact) mass is 369 g/mol. The Bertz CT molecular complexity index is 677. The number of hydrazone groups is 1. The Labute approximate surface area is 162 Å². The van der Waals surface area contributed by atoms with E-state index in [1.54, 1.807) is 0 Å². The number of aryl methyl sites for hydroxylation is 1. The second kappa shape index (κ2) is 7.70. The van der Waals surface area contributed by atoms with Crippen molar-refractivity contribution in [2.45, 2.75) is 39.5 Å². The van der Waals surface area contributed by atoms with Gasteiger partial charge in [-0.15, -0.1) is 0 Å². The van der Waals surface area contributed by atoms with Gasteiger partial charge in [-0.05, 0) is 18.9 Å². The molecule has 1 aromatic rings. The first-order valence-electron chi connectivity index (χ1n) is 10.2. The smallest absolute Gasteiger partial charge is 0.240 e. The van der Waals surface area contributed by atoms with Crippen molar-refractivity contribution in [1.82, 2.24) is 20.1 Å². The average molecular weight is 370 g/mol. The van der Waals surface area contributed by atoms with Crippen LogP contribution in [0.5, 0.6) is 0 Å². The van der Waals surface area contributed by atoms with Crippen molar-refractivity contribution < 1.29 is 4.79 Å². The SMILES string of the molecule is CCCCCC(=O)N/N=C(/c1ccc(C)cc1)C12CN3CN(CN(C3)C1)C2. The van der Waals surface area contributed by atoms with Gasteiger partial charge in [0.1, 0.15) is 0 Å². The predicted molar refractivity (Wildman–Crippen MR) is 107 cm³/mol. The number of hydrogen-bond donors (Lipinski definition) is 1. The van der Waals surface area contributed by atoms with Crippen molar-refractivity contribution in [3.63, 3.8) is 0 Å². The van der Waals surface area contributed by atoms with Gasteiger partial charge in [0.15, 0.2) is 0 Å². The van der Waals surface area contributed by atoms with Crippen molar-refractivity contribution in [3.05, 3.63) is 35.4 Å². The lowest BCUT2D eigenvalue weighted by Crippen LogP contribution is -2.74. The van der Waals surface area contributed by atoms with E-state index in [0.717, 1.165) is 70.2 Å². The fraction of sp³-hybridized carbons (Fsp3) is 0.619. The van der Waals surface area contributed by atoms with E-state index in [0.29, 0.717) is 6.42 Å². The van der Waals surface area contributed by atoms with E-state index in [-0.39, 0.29) is 11.3 Å². The second-order valence-corrected chi connectivity index (χ2v) is 8.51. The van der Waals surface area contributed by atoms with Crippen LogP contribution in [0.15, 0.2) is 29.4 Å². The summed E-state index contributed by atoms with van der Waals surface area (Å²) in [7, 11) is 0. The number of amides is 1. The summed E-state index contributed by atoms with van der Waals surface area (Å²) < 4.78 is 0. The maximum atomic E-state index is 12.3. The van der Waals surface area contributed by atoms with E-state index in [4.69, 9.17) is 5.10 Å². The summed E-state index contributed by atoms with van der Waals surface area (Å²) in [4.78, 5) is 19.8. The molecule has 1 N–H and O–H groups in total. The highest BCUT2D eigenvalue weighted by Crippen LogP contribution is 2.38. The van der Waals surface area contributed by atoms with Gasteiger partial charge in [-0.2, -0.15) is 5.10 Å². The van der Waals surface area contributed by atoms with Crippen LogP contribution in [-0.4, -0.2) is 66.0 Å². The normalized spacial score (nSPS) is 31.9. The number of rotatable bonds is 7. The van der Waals surface area contributed by atoms with Crippen LogP contribution in [0.3, 0.4) is 0 Å². The van der Waals surface area contributed by atoms with Crippen molar-refractivity contribution in [2.75, 3.05) is 39.6 Å². The fourth-order valence-corrected chi connectivity index (χ4v) is 4.85. The van der Waals surface area contributed by atoms with E-state index in [1.807, 2.05) is 0 Å². The quantitative estimate of drug-likeness (QED) is 0.455. The lowest BCUT2D eigenvalue weighted by Gasteiger charge is -2.60. The van der Waals surface area contributed by atoms with Gasteiger partial charge in [0.2, 0.25) is 5.91 Å². The number of unbranched alkanes of at least 4 members (excludes halogenated alkanes) is 2. The van der Waals surface area contributed by atoms with E-state index >= 15 is 0 Å². The molecule has 0 unspecified atom stereocenters. The minimum Gasteiger partial charge on any atom is -0.276 e. The predicted octanol–water partition coefficient (Wildman–Crippen LogP) is 2.20. The molecule has 4 bridgehead atoms. The third-order valence-electron chi connectivity index (χ3n) is 5.91. The minimum absolute atomic E-state index is 0.0266. The summed E-state index contributed by atoms with van der Waals surface area (Å²) in [5, 5.41) is 4.73. The van der Waals surface area contributed by atoms with Crippen LogP contribution in [0.2, 0.25) is 0 Å². The Morgan fingerprint density at radius 3 is 2.19 bits per heavy atom. The Kier molecular flexibility index (Phi) is 5.30. The third kappa shape index (κ3) is 3.93. The molecule has 4 heterocycles. The summed E-state index contributed by atoms with van der Waals surface area (Å²) in [5.74, 6) is 0.0266. The van der Waals surface area contributed by atoms with Crippen LogP contribution in [0.25, 0.3) is 0 Å². The van der Waals surface area contributed by atoms with Gasteiger partial charge >= 0.3 is 0 Å². The van der Waals surface area contributed by atoms with E-state index in [2.05, 4.69) is 58.2 Å². The molecule has 0 saturated carbocycles. The first-order valence-corrected chi connectivity index (χ1v) is 10.2. The van der Waals surface area contributed by atoms with Crippen LogP contribution in [0.4, 0.5) is 0 Å². The number of nitrogens with zero attached hydrogens (tertiary/aromatic N) is 4. The molecular weight excluding hydrogens is 338 g/mol. The Hall–Kier alpha value is -1.76. The van der Waals surface area contributed by atoms with E-state index in [1.165, 1.54) is 5.56 Å². The van der Waals surface area contributed by atoms with E-state index in [9.17, 15) is 4.79 Å². The topological polar surface area (TPSA) is 51.2 Å². The highest BCUT2D eigenvalue weighted by Gasteiger charge is 2.51. The minimum atomic E-state index is -0.0410. The van der Waals surface area contributed by atoms with Crippen LogP contribution < -0.4 is 5.43 Å². The third-order valence-corrected chi connectivity index (χ3v) is 5.91. The highest BCUT2D eigenvalue weighted by atomic mass is 16.2. The lowest BCUT2D eigenvalue weighted by molar-refractivity contribution is -0.149. The van der Waals surface area contributed by atoms with Crippen molar-refractivity contribution in [1.29, 1.82) is 0 Å². The lowest BCUT2D eigenvalue weighted by atomic mass is 9.74. The molecule has 0 radical (unpaired) electrons. The van der Waals surface area contributed by atoms with Gasteiger partial charge in [0.25, 0.3) is 0 Å². The molecule has 0 atom stereocenters. The average Bonchev–Trinajstić information content (AvgIpc) is 2.62. The fourth-order valence-electron chi connectivity index (χ4n) is 4.85. The number of nitrogens with one attached hydrogen (secondary N) is 1. The zero-order valence-corrected chi connectivity index (χ0v) is 16.6. The summed E-state index contributed by atoms with van der Waals surface area (Å²) in [6, 6.07) is 8.57. The molecule has 0 aliphatic carbocycles. The van der Waals surface area contributed by atoms with Crippen LogP contribution in [0.1, 0.15) is 43.7 Å². The molecule has 4 saturated heterocycles. The Morgan fingerprint density at radius 1 is 1.04 bits per heavy atom. The number of benzene rings is 1. The Balaban J connectivity index is 1.60. The molecule has 27 heavy (non-hydrogen) atoms. The molecule has 4 fully saturated rings. The molecule has 6 nitrogen and oxygen atoms in total. The molecule has 4 aliphatic heterocycles. The molecular formula is C21H31N5O. The molecule has 1 aromatic carbocycles. The van der Waals surface area contributed by atoms with Gasteiger partial charge in [-0.1, -0.05) is 49.6 Å². The van der Waals surface area contributed by atoms with Crippen molar-refractivity contribution in [3.8, 4) is 0 Å². The number of carbonyl (C=O) groups excluding carboxylic acids is 1. The summed E-state index contributed by atoms with van der Waals surface area (Å²) >= 11 is 0. The standard InChI is InChI=1S/C21H31N5O/c1-3-4-5-6-19(27)22-23-20(18-9-7-17(2)8-10-18)21-11-24-14-25(12-21)16-26(13-21)15-24/h7-10H,3-6,11-16H2,1-2H3,(H,22,27)/b23-20-. The van der Waals surface area contributed by atoms with Gasteiger partial charge in [-0.3, -0.25) is 19.5 Å². The number of hydrogen-bond acceptors (Lipinski definition) is 5. The summed E-state index contributed by atoms with van der Waals surface area (Å²) in [6.45, 7) is 10.4. The molecule has 4 aliphatic rings. The zero-order valence-electron chi connectivity index (χ0n) is 16.6. The molecule has 1 amide bonds. The highest BCUT2D eigenvalue weighted by molar-refractivity contribution is 6.06. The van der Waals surface area contributed by atoms with Gasteiger partial charge in [0, 0.05) is 26.1 Å². The van der Waals surface area contributed by atoms with E-state index < -0.39 is 0 Å².